The summed E-state index contributed by atoms with van der Waals surface area (Å²) in [4.78, 5) is 19.0. The number of aromatic nitrogens is 1. The molecule has 0 aliphatic carbocycles. The Morgan fingerprint density at radius 2 is 1.74 bits per heavy atom. The van der Waals surface area contributed by atoms with Crippen molar-refractivity contribution in [2.45, 2.75) is 40.2 Å². The Morgan fingerprint density at radius 1 is 1.06 bits per heavy atom. The zero-order valence-corrected chi connectivity index (χ0v) is 18.0. The molecule has 7 heteroatoms. The number of hydrogen-bond donors (Lipinski definition) is 1. The van der Waals surface area contributed by atoms with Crippen molar-refractivity contribution in [3.05, 3.63) is 71.2 Å². The molecule has 1 unspecified atom stereocenters. The lowest BCUT2D eigenvalue weighted by atomic mass is 10.0. The summed E-state index contributed by atoms with van der Waals surface area (Å²) in [6.45, 7) is 8.13. The molecule has 0 spiro atoms. The van der Waals surface area contributed by atoms with Crippen LogP contribution in [0.15, 0.2) is 42.5 Å². The number of aryl methyl sites for hydroxylation is 1. The van der Waals surface area contributed by atoms with E-state index in [-0.39, 0.29) is 29.3 Å². The van der Waals surface area contributed by atoms with Crippen LogP contribution in [0.2, 0.25) is 0 Å². The van der Waals surface area contributed by atoms with Crippen LogP contribution in [0.4, 0.5) is 23.7 Å². The van der Waals surface area contributed by atoms with E-state index in [2.05, 4.69) is 10.3 Å². The van der Waals surface area contributed by atoms with Crippen molar-refractivity contribution in [3.8, 4) is 0 Å². The summed E-state index contributed by atoms with van der Waals surface area (Å²) >= 11 is 0. The van der Waals surface area contributed by atoms with Crippen molar-refractivity contribution in [2.24, 2.45) is 5.92 Å². The minimum atomic E-state index is -1.01. The van der Waals surface area contributed by atoms with Crippen molar-refractivity contribution >= 4 is 22.6 Å². The Kier molecular flexibility index (Phi) is 6.83. The Morgan fingerprint density at radius 3 is 2.39 bits per heavy atom. The molecule has 1 atom stereocenters. The molecule has 2 aromatic carbocycles. The van der Waals surface area contributed by atoms with Crippen LogP contribution in [-0.2, 0) is 6.42 Å². The highest BCUT2D eigenvalue weighted by Gasteiger charge is 2.23. The molecule has 1 aromatic heterocycles. The maximum absolute atomic E-state index is 14.0. The lowest BCUT2D eigenvalue weighted by Gasteiger charge is -2.31. The van der Waals surface area contributed by atoms with Crippen LogP contribution < -0.4 is 5.32 Å². The highest BCUT2D eigenvalue weighted by atomic mass is 19.2. The molecule has 0 saturated carbocycles. The zero-order valence-electron chi connectivity index (χ0n) is 18.0. The van der Waals surface area contributed by atoms with E-state index in [1.807, 2.05) is 20.8 Å². The van der Waals surface area contributed by atoms with Gasteiger partial charge in [-0.25, -0.2) is 22.9 Å². The van der Waals surface area contributed by atoms with E-state index in [9.17, 15) is 18.0 Å². The third-order valence-electron chi connectivity index (χ3n) is 5.11. The molecule has 164 valence electrons. The average molecular weight is 429 g/mol. The van der Waals surface area contributed by atoms with Crippen LogP contribution in [0.1, 0.15) is 32.0 Å². The van der Waals surface area contributed by atoms with Gasteiger partial charge in [-0.15, -0.1) is 0 Å². The molecular formula is C24H26F3N3O. The number of fused-ring (bicyclic) bond motifs is 1. The summed E-state index contributed by atoms with van der Waals surface area (Å²) in [6, 6.07) is 9.83. The van der Waals surface area contributed by atoms with Crippen molar-refractivity contribution in [1.29, 1.82) is 0 Å². The molecule has 1 N–H and O–H groups in total. The Labute approximate surface area is 180 Å². The Balaban J connectivity index is 1.83. The van der Waals surface area contributed by atoms with Gasteiger partial charge in [0.2, 0.25) is 0 Å². The van der Waals surface area contributed by atoms with Crippen LogP contribution in [0, 0.1) is 30.3 Å². The minimum Gasteiger partial charge on any atom is -0.321 e. The van der Waals surface area contributed by atoms with Crippen LogP contribution in [0.5, 0.6) is 0 Å². The SMILES string of the molecule is Cc1nc2c(F)c(F)ccc2cc1NC(=O)N(CC(C)C)C(C)Cc1ccc(F)cc1. The fourth-order valence-corrected chi connectivity index (χ4v) is 3.51. The van der Waals surface area contributed by atoms with Gasteiger partial charge in [-0.3, -0.25) is 0 Å². The molecular weight excluding hydrogens is 403 g/mol. The second-order valence-corrected chi connectivity index (χ2v) is 8.21. The first kappa shape index (κ1) is 22.6. The fraction of sp³-hybridized carbons (Fsp3) is 0.333. The summed E-state index contributed by atoms with van der Waals surface area (Å²) in [6.07, 6.45) is 0.569. The molecule has 31 heavy (non-hydrogen) atoms. The number of amides is 2. The second-order valence-electron chi connectivity index (χ2n) is 8.21. The first-order valence-electron chi connectivity index (χ1n) is 10.2. The third-order valence-corrected chi connectivity index (χ3v) is 5.11. The number of nitrogens with zero attached hydrogens (tertiary/aromatic N) is 2. The molecule has 3 aromatic rings. The van der Waals surface area contributed by atoms with E-state index in [0.717, 1.165) is 11.6 Å². The number of rotatable bonds is 6. The van der Waals surface area contributed by atoms with Gasteiger partial charge in [-0.2, -0.15) is 0 Å². The molecule has 0 radical (unpaired) electrons. The topological polar surface area (TPSA) is 45.2 Å². The predicted octanol–water partition coefficient (Wildman–Crippen LogP) is 6.08. The first-order valence-corrected chi connectivity index (χ1v) is 10.2. The largest absolute Gasteiger partial charge is 0.322 e. The monoisotopic (exact) mass is 429 g/mol. The number of carbonyl (C=O) groups excluding carboxylic acids is 1. The summed E-state index contributed by atoms with van der Waals surface area (Å²) in [5, 5.41) is 3.26. The highest BCUT2D eigenvalue weighted by molar-refractivity contribution is 5.93. The molecule has 0 aliphatic heterocycles. The van der Waals surface area contributed by atoms with Crippen LogP contribution in [-0.4, -0.2) is 28.5 Å². The van der Waals surface area contributed by atoms with Crippen LogP contribution in [0.25, 0.3) is 10.9 Å². The number of nitrogens with one attached hydrogen (secondary N) is 1. The van der Waals surface area contributed by atoms with Gasteiger partial charge in [0.25, 0.3) is 0 Å². The van der Waals surface area contributed by atoms with Crippen molar-refractivity contribution < 1.29 is 18.0 Å². The molecule has 2 amide bonds. The number of halogens is 3. The number of hydrogen-bond acceptors (Lipinski definition) is 2. The molecule has 0 bridgehead atoms. The van der Waals surface area contributed by atoms with E-state index in [0.29, 0.717) is 29.7 Å². The first-order chi connectivity index (χ1) is 14.7. The normalized spacial score (nSPS) is 12.3. The van der Waals surface area contributed by atoms with Gasteiger partial charge in [0.05, 0.1) is 11.4 Å². The van der Waals surface area contributed by atoms with Gasteiger partial charge in [0, 0.05) is 18.0 Å². The van der Waals surface area contributed by atoms with Gasteiger partial charge >= 0.3 is 6.03 Å². The lowest BCUT2D eigenvalue weighted by Crippen LogP contribution is -2.44. The van der Waals surface area contributed by atoms with E-state index in [4.69, 9.17) is 0 Å². The van der Waals surface area contributed by atoms with E-state index in [1.54, 1.807) is 30.0 Å². The summed E-state index contributed by atoms with van der Waals surface area (Å²) in [5.41, 5.74) is 1.68. The molecule has 0 aliphatic rings. The zero-order chi connectivity index (χ0) is 22.7. The van der Waals surface area contributed by atoms with Gasteiger partial charge in [0.1, 0.15) is 11.3 Å². The van der Waals surface area contributed by atoms with Gasteiger partial charge in [0.15, 0.2) is 11.6 Å². The molecule has 0 fully saturated rings. The average Bonchev–Trinajstić information content (AvgIpc) is 2.71. The van der Waals surface area contributed by atoms with Crippen molar-refractivity contribution in [2.75, 3.05) is 11.9 Å². The van der Waals surface area contributed by atoms with Crippen LogP contribution >= 0.6 is 0 Å². The number of anilines is 1. The minimum absolute atomic E-state index is 0.0702. The second kappa shape index (κ2) is 9.37. The summed E-state index contributed by atoms with van der Waals surface area (Å²) in [7, 11) is 0. The van der Waals surface area contributed by atoms with E-state index >= 15 is 0 Å². The summed E-state index contributed by atoms with van der Waals surface area (Å²) in [5.74, 6) is -2.04. The maximum atomic E-state index is 14.0. The van der Waals surface area contributed by atoms with Gasteiger partial charge in [-0.1, -0.05) is 26.0 Å². The van der Waals surface area contributed by atoms with E-state index < -0.39 is 11.6 Å². The Hall–Kier alpha value is -3.09. The predicted molar refractivity (Wildman–Crippen MR) is 117 cm³/mol. The highest BCUT2D eigenvalue weighted by Crippen LogP contribution is 2.25. The summed E-state index contributed by atoms with van der Waals surface area (Å²) < 4.78 is 40.7. The Bertz CT molecular complexity index is 1080. The van der Waals surface area contributed by atoms with Crippen molar-refractivity contribution in [3.63, 3.8) is 0 Å². The number of pyridine rings is 1. The third kappa shape index (κ3) is 5.34. The molecule has 4 nitrogen and oxygen atoms in total. The molecule has 3 rings (SSSR count). The number of benzene rings is 2. The van der Waals surface area contributed by atoms with E-state index in [1.165, 1.54) is 18.2 Å². The smallest absolute Gasteiger partial charge is 0.321 e. The number of carbonyl (C=O) groups is 1. The maximum Gasteiger partial charge on any atom is 0.322 e. The fourth-order valence-electron chi connectivity index (χ4n) is 3.51. The number of urea groups is 1. The van der Waals surface area contributed by atoms with Crippen LogP contribution in [0.3, 0.4) is 0 Å². The molecule has 0 saturated heterocycles. The van der Waals surface area contributed by atoms with Crippen molar-refractivity contribution in [1.82, 2.24) is 9.88 Å². The molecule has 1 heterocycles. The lowest BCUT2D eigenvalue weighted by molar-refractivity contribution is 0.182. The van der Waals surface area contributed by atoms with Gasteiger partial charge in [-0.05, 0) is 62.1 Å². The van der Waals surface area contributed by atoms with Gasteiger partial charge < -0.3 is 10.2 Å². The quantitative estimate of drug-likeness (QED) is 0.516. The standard InChI is InChI=1S/C24H26F3N3O/c1-14(2)13-30(15(3)11-17-5-8-19(25)9-6-17)24(31)29-21-12-18-7-10-20(26)22(27)23(18)28-16(21)4/h5-10,12,14-15H,11,13H2,1-4H3,(H,29,31).